The molecule has 0 fully saturated rings. The number of nitrogens with one attached hydrogen (secondary N) is 1. The molecule has 2 aromatic heterocycles. The highest BCUT2D eigenvalue weighted by atomic mass is 32.2. The third kappa shape index (κ3) is 3.84. The summed E-state index contributed by atoms with van der Waals surface area (Å²) in [5.74, 6) is -0.282. The van der Waals surface area contributed by atoms with Crippen molar-refractivity contribution in [3.63, 3.8) is 0 Å². The number of rotatable bonds is 5. The summed E-state index contributed by atoms with van der Waals surface area (Å²) < 4.78 is 16.2. The summed E-state index contributed by atoms with van der Waals surface area (Å²) in [7, 11) is 0. The highest BCUT2D eigenvalue weighted by Gasteiger charge is 2.29. The van der Waals surface area contributed by atoms with Crippen molar-refractivity contribution in [2.45, 2.75) is 17.6 Å². The fraction of sp³-hybridized carbons (Fsp3) is 0.143. The lowest BCUT2D eigenvalue weighted by atomic mass is 10.2. The lowest BCUT2D eigenvalue weighted by Crippen LogP contribution is -2.27. The van der Waals surface area contributed by atoms with E-state index in [4.69, 9.17) is 0 Å². The van der Waals surface area contributed by atoms with E-state index in [0.717, 1.165) is 0 Å². The first-order valence-electron chi connectivity index (χ1n) is 9.84. The number of nitro benzene ring substituents is 1. The number of thioether (sulfide) groups is 1. The topological polar surface area (TPSA) is 125 Å². The molecule has 1 aliphatic heterocycles. The van der Waals surface area contributed by atoms with Crippen molar-refractivity contribution in [3.8, 4) is 5.69 Å². The molecule has 3 heterocycles. The Balaban J connectivity index is 1.41. The lowest BCUT2D eigenvalue weighted by Gasteiger charge is -2.13. The number of hydrogen-bond donors (Lipinski definition) is 1. The number of carbonyl (C=O) groups excluding carboxylic acids is 1. The van der Waals surface area contributed by atoms with E-state index in [-0.39, 0.29) is 34.8 Å². The second-order valence-electron chi connectivity index (χ2n) is 7.36. The predicted octanol–water partition coefficient (Wildman–Crippen LogP) is 3.31. The van der Waals surface area contributed by atoms with Gasteiger partial charge >= 0.3 is 0 Å². The highest BCUT2D eigenvalue weighted by molar-refractivity contribution is 7.99. The van der Waals surface area contributed by atoms with Gasteiger partial charge in [-0.05, 0) is 30.3 Å². The molecule has 5 rings (SSSR count). The van der Waals surface area contributed by atoms with Gasteiger partial charge in [-0.15, -0.1) is 0 Å². The van der Waals surface area contributed by atoms with E-state index < -0.39 is 11.0 Å². The second-order valence-corrected chi connectivity index (χ2v) is 8.35. The molecule has 166 valence electrons. The van der Waals surface area contributed by atoms with Crippen LogP contribution >= 0.6 is 11.8 Å². The first kappa shape index (κ1) is 20.8. The van der Waals surface area contributed by atoms with E-state index in [2.05, 4.69) is 15.4 Å². The van der Waals surface area contributed by atoms with Crippen molar-refractivity contribution in [3.05, 3.63) is 81.0 Å². The lowest BCUT2D eigenvalue weighted by molar-refractivity contribution is -0.384. The first-order chi connectivity index (χ1) is 15.9. The zero-order valence-electron chi connectivity index (χ0n) is 16.8. The van der Waals surface area contributed by atoms with Crippen LogP contribution in [-0.4, -0.2) is 35.9 Å². The van der Waals surface area contributed by atoms with E-state index in [0.29, 0.717) is 27.9 Å². The van der Waals surface area contributed by atoms with Crippen LogP contribution in [0.2, 0.25) is 0 Å². The summed E-state index contributed by atoms with van der Waals surface area (Å²) in [5, 5.41) is 18.6. The monoisotopic (exact) mass is 466 g/mol. The Kier molecular flexibility index (Phi) is 5.13. The molecule has 0 radical (unpaired) electrons. The van der Waals surface area contributed by atoms with Crippen LogP contribution < -0.4 is 10.9 Å². The number of amides is 1. The average molecular weight is 466 g/mol. The summed E-state index contributed by atoms with van der Waals surface area (Å²) in [4.78, 5) is 40.7. The molecule has 4 aromatic rings. The van der Waals surface area contributed by atoms with E-state index >= 15 is 0 Å². The van der Waals surface area contributed by atoms with Gasteiger partial charge in [-0.3, -0.25) is 24.3 Å². The van der Waals surface area contributed by atoms with Crippen molar-refractivity contribution >= 4 is 40.1 Å². The van der Waals surface area contributed by atoms with Gasteiger partial charge in [0.15, 0.2) is 10.8 Å². The zero-order valence-corrected chi connectivity index (χ0v) is 17.7. The minimum absolute atomic E-state index is 0.00187. The Hall–Kier alpha value is -4.06. The Morgan fingerprint density at radius 1 is 1.27 bits per heavy atom. The standard InChI is InChI=1S/C21H15FN6O4S/c22-12-4-6-14(7-5-12)27-19-17(10-23-27)20(30)26-16(11-33-21(26)25-19)9-18(29)24-13-2-1-3-15(8-13)28(31)32/h1-8,10,16H,9,11H2,(H,24,29). The molecule has 0 bridgehead atoms. The normalized spacial score (nSPS) is 14.9. The molecule has 0 saturated heterocycles. The largest absolute Gasteiger partial charge is 0.326 e. The number of non-ortho nitro benzene ring substituents is 1. The van der Waals surface area contributed by atoms with Gasteiger partial charge in [-0.25, -0.2) is 14.1 Å². The number of hydrogen-bond acceptors (Lipinski definition) is 7. The summed E-state index contributed by atoms with van der Waals surface area (Å²) in [6.07, 6.45) is 1.41. The van der Waals surface area contributed by atoms with Gasteiger partial charge in [0.1, 0.15) is 11.2 Å². The van der Waals surface area contributed by atoms with Crippen LogP contribution in [-0.2, 0) is 4.79 Å². The minimum atomic E-state index is -0.540. The van der Waals surface area contributed by atoms with Gasteiger partial charge < -0.3 is 5.32 Å². The summed E-state index contributed by atoms with van der Waals surface area (Å²) in [6, 6.07) is 10.9. The van der Waals surface area contributed by atoms with Crippen LogP contribution in [0.25, 0.3) is 16.7 Å². The van der Waals surface area contributed by atoms with Gasteiger partial charge in [0.25, 0.3) is 11.2 Å². The zero-order chi connectivity index (χ0) is 23.1. The Bertz CT molecular complexity index is 1470. The van der Waals surface area contributed by atoms with Gasteiger partial charge in [0.05, 0.1) is 22.8 Å². The van der Waals surface area contributed by atoms with Crippen LogP contribution in [0.15, 0.2) is 64.7 Å². The van der Waals surface area contributed by atoms with Gasteiger partial charge in [0, 0.05) is 30.0 Å². The van der Waals surface area contributed by atoms with Crippen LogP contribution in [0.5, 0.6) is 0 Å². The quantitative estimate of drug-likeness (QED) is 0.272. The molecule has 1 amide bonds. The molecule has 0 aliphatic carbocycles. The number of aromatic nitrogens is 4. The summed E-state index contributed by atoms with van der Waals surface area (Å²) >= 11 is 1.35. The predicted molar refractivity (Wildman–Crippen MR) is 119 cm³/mol. The Morgan fingerprint density at radius 2 is 2.06 bits per heavy atom. The average Bonchev–Trinajstić information content (AvgIpc) is 3.39. The fourth-order valence-corrected chi connectivity index (χ4v) is 4.81. The molecule has 33 heavy (non-hydrogen) atoms. The maximum Gasteiger partial charge on any atom is 0.271 e. The van der Waals surface area contributed by atoms with Crippen LogP contribution in [0.4, 0.5) is 15.8 Å². The molecular weight excluding hydrogens is 451 g/mol. The molecule has 1 aliphatic rings. The maximum atomic E-state index is 13.3. The van der Waals surface area contributed by atoms with Crippen LogP contribution in [0, 0.1) is 15.9 Å². The van der Waals surface area contributed by atoms with E-state index in [1.54, 1.807) is 18.2 Å². The van der Waals surface area contributed by atoms with Crippen LogP contribution in [0.3, 0.4) is 0 Å². The van der Waals surface area contributed by atoms with E-state index in [9.17, 15) is 24.1 Å². The summed E-state index contributed by atoms with van der Waals surface area (Å²) in [5.41, 5.74) is 0.782. The minimum Gasteiger partial charge on any atom is -0.326 e. The summed E-state index contributed by atoms with van der Waals surface area (Å²) in [6.45, 7) is 0. The van der Waals surface area contributed by atoms with Crippen LogP contribution in [0.1, 0.15) is 12.5 Å². The van der Waals surface area contributed by atoms with Crippen molar-refractivity contribution in [2.24, 2.45) is 0 Å². The van der Waals surface area contributed by atoms with E-state index in [1.807, 2.05) is 0 Å². The molecule has 1 N–H and O–H groups in total. The molecule has 0 spiro atoms. The molecule has 10 nitrogen and oxygen atoms in total. The SMILES string of the molecule is O=C(CC1CSc2nc3c(cnn3-c3ccc(F)cc3)c(=O)n21)Nc1cccc([N+](=O)[O-])c1. The highest BCUT2D eigenvalue weighted by Crippen LogP contribution is 2.33. The van der Waals surface area contributed by atoms with Gasteiger partial charge in [0.2, 0.25) is 5.91 Å². The maximum absolute atomic E-state index is 13.3. The number of anilines is 1. The molecule has 1 unspecified atom stereocenters. The van der Waals surface area contributed by atoms with Crippen molar-refractivity contribution in [1.29, 1.82) is 0 Å². The first-order valence-corrected chi connectivity index (χ1v) is 10.8. The fourth-order valence-electron chi connectivity index (χ4n) is 3.68. The molecule has 1 atom stereocenters. The second kappa shape index (κ2) is 8.13. The van der Waals surface area contributed by atoms with Gasteiger partial charge in [-0.2, -0.15) is 5.10 Å². The number of fused-ring (bicyclic) bond motifs is 2. The Labute approximate surface area is 189 Å². The number of nitrogens with zero attached hydrogens (tertiary/aromatic N) is 5. The Morgan fingerprint density at radius 3 is 2.82 bits per heavy atom. The number of halogens is 1. The number of nitro groups is 1. The van der Waals surface area contributed by atoms with Crippen molar-refractivity contribution < 1.29 is 14.1 Å². The molecular formula is C21H15FN6O4S. The van der Waals surface area contributed by atoms with E-state index in [1.165, 1.54) is 57.5 Å². The molecule has 0 saturated carbocycles. The van der Waals surface area contributed by atoms with Gasteiger partial charge in [-0.1, -0.05) is 17.8 Å². The third-order valence-corrected chi connectivity index (χ3v) is 6.30. The number of carbonyl (C=O) groups is 1. The molecule has 2 aromatic carbocycles. The van der Waals surface area contributed by atoms with Crippen molar-refractivity contribution in [1.82, 2.24) is 19.3 Å². The third-order valence-electron chi connectivity index (χ3n) is 5.20. The molecule has 12 heteroatoms. The number of benzene rings is 2. The van der Waals surface area contributed by atoms with Crippen molar-refractivity contribution in [2.75, 3.05) is 11.1 Å². The smallest absolute Gasteiger partial charge is 0.271 e.